The molecule has 0 aliphatic carbocycles. The zero-order chi connectivity index (χ0) is 13.1. The van der Waals surface area contributed by atoms with Gasteiger partial charge in [-0.1, -0.05) is 28.1 Å². The Hall–Kier alpha value is -0.650. The maximum atomic E-state index is 5.78. The molecule has 1 atom stereocenters. The maximum Gasteiger partial charge on any atom is 0.224 e. The lowest BCUT2D eigenvalue weighted by atomic mass is 10.1. The molecule has 2 rings (SSSR count). The molecule has 1 unspecified atom stereocenters. The lowest BCUT2D eigenvalue weighted by molar-refractivity contribution is 0.869. The highest BCUT2D eigenvalue weighted by Gasteiger charge is 2.10. The molecular weight excluding hydrogens is 381 g/mol. The van der Waals surface area contributed by atoms with Gasteiger partial charge in [0.2, 0.25) is 5.28 Å². The van der Waals surface area contributed by atoms with Gasteiger partial charge in [0.05, 0.1) is 10.5 Å². The second-order valence-electron chi connectivity index (χ2n) is 3.76. The SMILES string of the molecule is CC(Nc1nc(Cl)ncc1Br)c1cccc(Br)c1. The smallest absolute Gasteiger partial charge is 0.224 e. The summed E-state index contributed by atoms with van der Waals surface area (Å²) in [4.78, 5) is 8.04. The van der Waals surface area contributed by atoms with E-state index in [0.29, 0.717) is 5.82 Å². The van der Waals surface area contributed by atoms with Crippen molar-refractivity contribution in [1.82, 2.24) is 9.97 Å². The van der Waals surface area contributed by atoms with Crippen molar-refractivity contribution in [3.05, 3.63) is 50.3 Å². The number of hydrogen-bond acceptors (Lipinski definition) is 3. The second-order valence-corrected chi connectivity index (χ2v) is 5.86. The molecule has 1 aromatic carbocycles. The van der Waals surface area contributed by atoms with Gasteiger partial charge in [-0.25, -0.2) is 4.98 Å². The van der Waals surface area contributed by atoms with E-state index in [1.54, 1.807) is 6.20 Å². The van der Waals surface area contributed by atoms with E-state index in [2.05, 4.69) is 66.2 Å². The number of hydrogen-bond donors (Lipinski definition) is 1. The Morgan fingerprint density at radius 1 is 1.33 bits per heavy atom. The van der Waals surface area contributed by atoms with Gasteiger partial charge < -0.3 is 5.32 Å². The van der Waals surface area contributed by atoms with Crippen LogP contribution >= 0.6 is 43.5 Å². The minimum absolute atomic E-state index is 0.116. The van der Waals surface area contributed by atoms with Gasteiger partial charge in [-0.3, -0.25) is 0 Å². The topological polar surface area (TPSA) is 37.8 Å². The molecule has 94 valence electrons. The van der Waals surface area contributed by atoms with Crippen LogP contribution in [0.4, 0.5) is 5.82 Å². The summed E-state index contributed by atoms with van der Waals surface area (Å²) in [6, 6.07) is 8.23. The first-order valence-electron chi connectivity index (χ1n) is 5.26. The van der Waals surface area contributed by atoms with E-state index in [-0.39, 0.29) is 11.3 Å². The fourth-order valence-corrected chi connectivity index (χ4v) is 2.37. The molecule has 0 fully saturated rings. The molecule has 0 aliphatic heterocycles. The van der Waals surface area contributed by atoms with E-state index in [1.807, 2.05) is 12.1 Å². The third-order valence-electron chi connectivity index (χ3n) is 2.42. The third-order valence-corrected chi connectivity index (χ3v) is 3.67. The van der Waals surface area contributed by atoms with E-state index in [9.17, 15) is 0 Å². The Morgan fingerprint density at radius 3 is 2.83 bits per heavy atom. The molecule has 0 saturated carbocycles. The zero-order valence-electron chi connectivity index (χ0n) is 9.49. The van der Waals surface area contributed by atoms with Gasteiger partial charge in [0.15, 0.2) is 0 Å². The molecule has 0 amide bonds. The molecule has 6 heteroatoms. The Bertz CT molecular complexity index is 563. The highest BCUT2D eigenvalue weighted by atomic mass is 79.9. The summed E-state index contributed by atoms with van der Waals surface area (Å²) in [6.07, 6.45) is 1.63. The standard InChI is InChI=1S/C12H10Br2ClN3/c1-7(8-3-2-4-9(13)5-8)17-11-10(14)6-16-12(15)18-11/h2-7H,1H3,(H,16,17,18). The van der Waals surface area contributed by atoms with Crippen molar-refractivity contribution in [3.63, 3.8) is 0 Å². The van der Waals surface area contributed by atoms with Gasteiger partial charge in [0.1, 0.15) is 5.82 Å². The highest BCUT2D eigenvalue weighted by molar-refractivity contribution is 9.10. The number of benzene rings is 1. The Morgan fingerprint density at radius 2 is 2.11 bits per heavy atom. The molecule has 0 spiro atoms. The van der Waals surface area contributed by atoms with E-state index in [0.717, 1.165) is 14.5 Å². The predicted molar refractivity (Wildman–Crippen MR) is 80.9 cm³/mol. The fourth-order valence-electron chi connectivity index (χ4n) is 1.51. The molecule has 0 saturated heterocycles. The van der Waals surface area contributed by atoms with Crippen LogP contribution in [0.15, 0.2) is 39.4 Å². The number of nitrogens with one attached hydrogen (secondary N) is 1. The average Bonchev–Trinajstić information content (AvgIpc) is 2.34. The van der Waals surface area contributed by atoms with Crippen molar-refractivity contribution in [2.45, 2.75) is 13.0 Å². The van der Waals surface area contributed by atoms with Gasteiger partial charge in [-0.05, 0) is 52.2 Å². The molecule has 1 N–H and O–H groups in total. The third kappa shape index (κ3) is 3.43. The van der Waals surface area contributed by atoms with Crippen molar-refractivity contribution >= 4 is 49.3 Å². The van der Waals surface area contributed by atoms with E-state index in [4.69, 9.17) is 11.6 Å². The van der Waals surface area contributed by atoms with Crippen molar-refractivity contribution in [2.24, 2.45) is 0 Å². The van der Waals surface area contributed by atoms with Crippen LogP contribution in [-0.4, -0.2) is 9.97 Å². The minimum Gasteiger partial charge on any atom is -0.362 e. The average molecular weight is 391 g/mol. The molecular formula is C12H10Br2ClN3. The highest BCUT2D eigenvalue weighted by Crippen LogP contribution is 2.26. The van der Waals surface area contributed by atoms with Crippen LogP contribution in [0, 0.1) is 0 Å². The number of halogens is 3. The van der Waals surface area contributed by atoms with Gasteiger partial charge >= 0.3 is 0 Å². The van der Waals surface area contributed by atoms with Gasteiger partial charge in [0, 0.05) is 10.7 Å². The number of aromatic nitrogens is 2. The second kappa shape index (κ2) is 5.99. The van der Waals surface area contributed by atoms with Crippen LogP contribution in [0.1, 0.15) is 18.5 Å². The molecule has 0 radical (unpaired) electrons. The monoisotopic (exact) mass is 389 g/mol. The van der Waals surface area contributed by atoms with Crippen molar-refractivity contribution in [3.8, 4) is 0 Å². The van der Waals surface area contributed by atoms with Gasteiger partial charge in [0.25, 0.3) is 0 Å². The summed E-state index contributed by atoms with van der Waals surface area (Å²) in [6.45, 7) is 2.06. The first kappa shape index (κ1) is 13.8. The van der Waals surface area contributed by atoms with Crippen LogP contribution in [-0.2, 0) is 0 Å². The van der Waals surface area contributed by atoms with Gasteiger partial charge in [-0.15, -0.1) is 0 Å². The number of anilines is 1. The maximum absolute atomic E-state index is 5.78. The Kier molecular flexibility index (Phi) is 4.59. The summed E-state index contributed by atoms with van der Waals surface area (Å²) in [5.41, 5.74) is 1.16. The van der Waals surface area contributed by atoms with Crippen LogP contribution in [0.3, 0.4) is 0 Å². The largest absolute Gasteiger partial charge is 0.362 e. The molecule has 0 aliphatic rings. The summed E-state index contributed by atoms with van der Waals surface area (Å²) < 4.78 is 1.84. The molecule has 1 heterocycles. The first-order chi connectivity index (χ1) is 8.56. The molecule has 0 bridgehead atoms. The summed E-state index contributed by atoms with van der Waals surface area (Å²) in [5, 5.41) is 3.52. The van der Waals surface area contributed by atoms with E-state index < -0.39 is 0 Å². The van der Waals surface area contributed by atoms with Crippen molar-refractivity contribution in [1.29, 1.82) is 0 Å². The van der Waals surface area contributed by atoms with Crippen molar-refractivity contribution < 1.29 is 0 Å². The lowest BCUT2D eigenvalue weighted by Crippen LogP contribution is -2.08. The predicted octanol–water partition coefficient (Wildman–Crippen LogP) is 4.83. The van der Waals surface area contributed by atoms with Crippen LogP contribution < -0.4 is 5.32 Å². The Labute approximate surface area is 127 Å². The lowest BCUT2D eigenvalue weighted by Gasteiger charge is -2.16. The van der Waals surface area contributed by atoms with E-state index >= 15 is 0 Å². The number of nitrogens with zero attached hydrogens (tertiary/aromatic N) is 2. The fraction of sp³-hybridized carbons (Fsp3) is 0.167. The van der Waals surface area contributed by atoms with Crippen LogP contribution in [0.2, 0.25) is 5.28 Å². The molecule has 2 aromatic rings. The summed E-state index contributed by atoms with van der Waals surface area (Å²) in [5.74, 6) is 0.683. The molecule has 1 aromatic heterocycles. The van der Waals surface area contributed by atoms with Crippen molar-refractivity contribution in [2.75, 3.05) is 5.32 Å². The van der Waals surface area contributed by atoms with Crippen LogP contribution in [0.5, 0.6) is 0 Å². The molecule has 18 heavy (non-hydrogen) atoms. The first-order valence-corrected chi connectivity index (χ1v) is 7.22. The van der Waals surface area contributed by atoms with Crippen LogP contribution in [0.25, 0.3) is 0 Å². The minimum atomic E-state index is 0.116. The number of rotatable bonds is 3. The molecule has 3 nitrogen and oxygen atoms in total. The Balaban J connectivity index is 2.21. The van der Waals surface area contributed by atoms with Gasteiger partial charge in [-0.2, -0.15) is 4.98 Å². The quantitative estimate of drug-likeness (QED) is 0.762. The zero-order valence-corrected chi connectivity index (χ0v) is 13.4. The van der Waals surface area contributed by atoms with E-state index in [1.165, 1.54) is 0 Å². The summed E-state index contributed by atoms with van der Waals surface area (Å²) >= 11 is 12.6. The summed E-state index contributed by atoms with van der Waals surface area (Å²) in [7, 11) is 0. The normalized spacial score (nSPS) is 12.2.